The van der Waals surface area contributed by atoms with Gasteiger partial charge >= 0.3 is 0 Å². The van der Waals surface area contributed by atoms with Gasteiger partial charge < -0.3 is 9.64 Å². The van der Waals surface area contributed by atoms with Crippen molar-refractivity contribution < 1.29 is 14.5 Å². The molecule has 0 spiro atoms. The van der Waals surface area contributed by atoms with Crippen molar-refractivity contribution in [1.82, 2.24) is 4.98 Å². The van der Waals surface area contributed by atoms with Gasteiger partial charge in [-0.25, -0.2) is 4.98 Å². The van der Waals surface area contributed by atoms with E-state index in [1.165, 1.54) is 17.4 Å². The van der Waals surface area contributed by atoms with Crippen molar-refractivity contribution in [3.63, 3.8) is 0 Å². The van der Waals surface area contributed by atoms with E-state index in [0.29, 0.717) is 16.6 Å². The average Bonchev–Trinajstić information content (AvgIpc) is 3.36. The largest absolute Gasteiger partial charge is 0.497 e. The number of nitrogens with zero attached hydrogens (tertiary/aromatic N) is 3. The molecule has 2 aromatic carbocycles. The molecule has 1 amide bonds. The number of nitro benzene ring substituents is 1. The number of anilines is 2. The number of hydrogen-bond donors (Lipinski definition) is 1. The summed E-state index contributed by atoms with van der Waals surface area (Å²) < 4.78 is 6.07. The lowest BCUT2D eigenvalue weighted by Crippen LogP contribution is -2.19. The second-order valence-corrected chi connectivity index (χ2v) is 7.49. The minimum absolute atomic E-state index is 0.0522. The summed E-state index contributed by atoms with van der Waals surface area (Å²) in [5.41, 5.74) is 1.48. The van der Waals surface area contributed by atoms with E-state index in [4.69, 9.17) is 4.74 Å². The van der Waals surface area contributed by atoms with Crippen molar-refractivity contribution in [2.75, 3.05) is 30.4 Å². The summed E-state index contributed by atoms with van der Waals surface area (Å²) >= 11 is 1.32. The van der Waals surface area contributed by atoms with Crippen LogP contribution in [0.4, 0.5) is 16.5 Å². The second-order valence-electron chi connectivity index (χ2n) is 6.46. The van der Waals surface area contributed by atoms with E-state index in [1.807, 2.05) is 17.0 Å². The predicted molar refractivity (Wildman–Crippen MR) is 109 cm³/mol. The summed E-state index contributed by atoms with van der Waals surface area (Å²) in [7, 11) is 1.59. The van der Waals surface area contributed by atoms with Gasteiger partial charge in [-0.15, -0.1) is 0 Å². The van der Waals surface area contributed by atoms with Crippen molar-refractivity contribution in [2.45, 2.75) is 12.8 Å². The summed E-state index contributed by atoms with van der Waals surface area (Å²) in [6, 6.07) is 10.1. The van der Waals surface area contributed by atoms with Gasteiger partial charge in [0.05, 0.1) is 22.2 Å². The Morgan fingerprint density at radius 1 is 1.25 bits per heavy atom. The van der Waals surface area contributed by atoms with Crippen molar-refractivity contribution in [1.29, 1.82) is 0 Å². The zero-order valence-electron chi connectivity index (χ0n) is 15.2. The van der Waals surface area contributed by atoms with E-state index >= 15 is 0 Å². The number of rotatable bonds is 5. The average molecular weight is 398 g/mol. The van der Waals surface area contributed by atoms with Crippen molar-refractivity contribution in [2.24, 2.45) is 0 Å². The number of nitrogens with one attached hydrogen (secondary N) is 1. The third-order valence-corrected chi connectivity index (χ3v) is 5.63. The fourth-order valence-corrected chi connectivity index (χ4v) is 4.18. The maximum atomic E-state index is 12.6. The molecule has 0 saturated carbocycles. The first-order chi connectivity index (χ1) is 13.5. The first kappa shape index (κ1) is 18.2. The third-order valence-electron chi connectivity index (χ3n) is 4.70. The summed E-state index contributed by atoms with van der Waals surface area (Å²) in [5, 5.41) is 14.7. The highest BCUT2D eigenvalue weighted by Crippen LogP contribution is 2.33. The minimum atomic E-state index is -0.436. The molecule has 0 aliphatic carbocycles. The quantitative estimate of drug-likeness (QED) is 0.514. The molecule has 1 aliphatic heterocycles. The van der Waals surface area contributed by atoms with Crippen molar-refractivity contribution >= 4 is 44.0 Å². The van der Waals surface area contributed by atoms with Crippen LogP contribution in [0, 0.1) is 10.1 Å². The number of hydrogen-bond acceptors (Lipinski definition) is 7. The van der Waals surface area contributed by atoms with Crippen LogP contribution in [0.3, 0.4) is 0 Å². The van der Waals surface area contributed by atoms with Gasteiger partial charge in [-0.2, -0.15) is 0 Å². The summed E-state index contributed by atoms with van der Waals surface area (Å²) in [5.74, 6) is 0.282. The van der Waals surface area contributed by atoms with Crippen molar-refractivity contribution in [3.8, 4) is 5.75 Å². The molecule has 2 heterocycles. The molecule has 4 rings (SSSR count). The highest BCUT2D eigenvalue weighted by atomic mass is 32.1. The maximum absolute atomic E-state index is 12.6. The number of nitro groups is 1. The number of carbonyl (C=O) groups is 1. The number of thiazole rings is 1. The van der Waals surface area contributed by atoms with Gasteiger partial charge in [-0.3, -0.25) is 20.2 Å². The normalized spacial score (nSPS) is 13.7. The number of methoxy groups -OCH3 is 1. The van der Waals surface area contributed by atoms with Gasteiger partial charge in [0.25, 0.3) is 11.6 Å². The molecule has 28 heavy (non-hydrogen) atoms. The van der Waals surface area contributed by atoms with Crippen LogP contribution in [-0.4, -0.2) is 36.0 Å². The van der Waals surface area contributed by atoms with Crippen LogP contribution in [0.1, 0.15) is 23.2 Å². The Labute approximate surface area is 164 Å². The molecule has 1 aromatic heterocycles. The number of ether oxygens (including phenoxy) is 1. The Morgan fingerprint density at radius 3 is 2.75 bits per heavy atom. The summed E-state index contributed by atoms with van der Waals surface area (Å²) in [6.45, 7) is 1.59. The van der Waals surface area contributed by atoms with Crippen LogP contribution in [0.15, 0.2) is 36.4 Å². The van der Waals surface area contributed by atoms with Crippen LogP contribution >= 0.6 is 11.3 Å². The highest BCUT2D eigenvalue weighted by molar-refractivity contribution is 7.22. The molecule has 1 saturated heterocycles. The molecule has 8 nitrogen and oxygen atoms in total. The number of aromatic nitrogens is 1. The molecule has 0 unspecified atom stereocenters. The van der Waals surface area contributed by atoms with Gasteiger partial charge in [-0.05, 0) is 43.2 Å². The number of carbonyl (C=O) groups excluding carboxylic acids is 1. The number of benzene rings is 2. The van der Waals surface area contributed by atoms with E-state index < -0.39 is 10.8 Å². The second kappa shape index (κ2) is 7.43. The van der Waals surface area contributed by atoms with E-state index in [-0.39, 0.29) is 11.3 Å². The number of amides is 1. The Kier molecular flexibility index (Phi) is 4.82. The molecule has 0 atom stereocenters. The smallest absolute Gasteiger partial charge is 0.293 e. The minimum Gasteiger partial charge on any atom is -0.497 e. The molecule has 1 N–H and O–H groups in total. The maximum Gasteiger partial charge on any atom is 0.293 e. The fourth-order valence-electron chi connectivity index (χ4n) is 3.29. The molecule has 1 aliphatic rings. The Bertz CT molecular complexity index is 1060. The summed E-state index contributed by atoms with van der Waals surface area (Å²) in [4.78, 5) is 30.1. The first-order valence-corrected chi connectivity index (χ1v) is 9.66. The third kappa shape index (κ3) is 3.48. The van der Waals surface area contributed by atoms with Crippen LogP contribution in [-0.2, 0) is 0 Å². The standard InChI is InChI=1S/C19H18N4O4S/c1-27-13-5-6-14-17(11-13)28-19(20-14)21-18(24)12-4-7-15(16(10-12)23(25)26)22-8-2-3-9-22/h4-7,10-11H,2-3,8-9H2,1H3,(H,20,21,24). The monoisotopic (exact) mass is 398 g/mol. The van der Waals surface area contributed by atoms with Gasteiger partial charge in [0, 0.05) is 24.7 Å². The van der Waals surface area contributed by atoms with E-state index in [9.17, 15) is 14.9 Å². The predicted octanol–water partition coefficient (Wildman–Crippen LogP) is 4.07. The van der Waals surface area contributed by atoms with E-state index in [0.717, 1.165) is 36.1 Å². The Morgan fingerprint density at radius 2 is 2.04 bits per heavy atom. The fraction of sp³-hybridized carbons (Fsp3) is 0.263. The summed E-state index contributed by atoms with van der Waals surface area (Å²) in [6.07, 6.45) is 2.03. The highest BCUT2D eigenvalue weighted by Gasteiger charge is 2.24. The van der Waals surface area contributed by atoms with E-state index in [1.54, 1.807) is 25.3 Å². The lowest BCUT2D eigenvalue weighted by Gasteiger charge is -2.17. The first-order valence-electron chi connectivity index (χ1n) is 8.84. The SMILES string of the molecule is COc1ccc2nc(NC(=O)c3ccc(N4CCCC4)c([N+](=O)[O-])c3)sc2c1. The van der Waals surface area contributed by atoms with Gasteiger partial charge in [0.15, 0.2) is 5.13 Å². The zero-order chi connectivity index (χ0) is 19.7. The molecule has 9 heteroatoms. The van der Waals surface area contributed by atoms with Crippen LogP contribution in [0.5, 0.6) is 5.75 Å². The van der Waals surface area contributed by atoms with E-state index in [2.05, 4.69) is 10.3 Å². The van der Waals surface area contributed by atoms with Crippen LogP contribution < -0.4 is 15.0 Å². The molecule has 0 bridgehead atoms. The van der Waals surface area contributed by atoms with Gasteiger partial charge in [0.2, 0.25) is 0 Å². The van der Waals surface area contributed by atoms with Crippen LogP contribution in [0.25, 0.3) is 10.2 Å². The molecule has 1 fully saturated rings. The topological polar surface area (TPSA) is 97.6 Å². The van der Waals surface area contributed by atoms with Gasteiger partial charge in [-0.1, -0.05) is 11.3 Å². The molecule has 0 radical (unpaired) electrons. The zero-order valence-corrected chi connectivity index (χ0v) is 16.0. The Hall–Kier alpha value is -3.20. The lowest BCUT2D eigenvalue weighted by molar-refractivity contribution is -0.384. The van der Waals surface area contributed by atoms with Crippen molar-refractivity contribution in [3.05, 3.63) is 52.1 Å². The molecule has 3 aromatic rings. The Balaban J connectivity index is 1.59. The van der Waals surface area contributed by atoms with Gasteiger partial charge in [0.1, 0.15) is 11.4 Å². The molecule has 144 valence electrons. The van der Waals surface area contributed by atoms with Crippen LogP contribution in [0.2, 0.25) is 0 Å². The molecular formula is C19H18N4O4S. The number of fused-ring (bicyclic) bond motifs is 1. The lowest BCUT2D eigenvalue weighted by atomic mass is 10.1. The molecular weight excluding hydrogens is 380 g/mol.